The second kappa shape index (κ2) is 8.29. The summed E-state index contributed by atoms with van der Waals surface area (Å²) >= 11 is 0. The summed E-state index contributed by atoms with van der Waals surface area (Å²) in [6.45, 7) is 7.50. The molecule has 0 radical (unpaired) electrons. The molecule has 3 aromatic rings. The molecule has 0 amide bonds. The summed E-state index contributed by atoms with van der Waals surface area (Å²) in [5, 5.41) is 4.30. The van der Waals surface area contributed by atoms with Crippen molar-refractivity contribution in [1.82, 2.24) is 10.2 Å². The first-order chi connectivity index (χ1) is 14.4. The Morgan fingerprint density at radius 3 is 2.87 bits per heavy atom. The Morgan fingerprint density at radius 2 is 2.10 bits per heavy atom. The van der Waals surface area contributed by atoms with Crippen molar-refractivity contribution < 1.29 is 17.6 Å². The Bertz CT molecular complexity index is 1160. The van der Waals surface area contributed by atoms with Gasteiger partial charge in [0.25, 0.3) is 10.0 Å². The number of rotatable bonds is 6. The van der Waals surface area contributed by atoms with Crippen molar-refractivity contribution in [1.29, 1.82) is 0 Å². The molecule has 1 aromatic heterocycles. The summed E-state index contributed by atoms with van der Waals surface area (Å²) in [5.41, 5.74) is 3.10. The van der Waals surface area contributed by atoms with Gasteiger partial charge in [0.1, 0.15) is 16.2 Å². The third-order valence-electron chi connectivity index (χ3n) is 5.34. The number of sulfonamides is 1. The molecule has 30 heavy (non-hydrogen) atoms. The normalized spacial score (nSPS) is 17.9. The minimum absolute atomic E-state index is 0.120. The van der Waals surface area contributed by atoms with Crippen LogP contribution in [0, 0.1) is 6.92 Å². The zero-order valence-corrected chi connectivity index (χ0v) is 18.3. The van der Waals surface area contributed by atoms with Crippen molar-refractivity contribution in [2.75, 3.05) is 31.5 Å². The van der Waals surface area contributed by atoms with E-state index in [9.17, 15) is 8.42 Å². The van der Waals surface area contributed by atoms with Crippen LogP contribution in [0.4, 0.5) is 5.69 Å². The number of nitrogens with one attached hydrogen (secondary N) is 2. The van der Waals surface area contributed by atoms with E-state index in [1.54, 1.807) is 24.5 Å². The number of piperazine rings is 1. The number of furan rings is 1. The van der Waals surface area contributed by atoms with Crippen LogP contribution in [-0.2, 0) is 16.6 Å². The van der Waals surface area contributed by atoms with Crippen LogP contribution >= 0.6 is 0 Å². The lowest BCUT2D eigenvalue weighted by Gasteiger charge is -2.31. The molecule has 7 nitrogen and oxygen atoms in total. The van der Waals surface area contributed by atoms with Crippen LogP contribution in [0.3, 0.4) is 0 Å². The molecule has 4 rings (SSSR count). The van der Waals surface area contributed by atoms with Gasteiger partial charge < -0.3 is 14.5 Å². The van der Waals surface area contributed by atoms with E-state index < -0.39 is 10.0 Å². The van der Waals surface area contributed by atoms with E-state index in [1.807, 2.05) is 25.1 Å². The van der Waals surface area contributed by atoms with Gasteiger partial charge in [-0.25, -0.2) is 8.42 Å². The van der Waals surface area contributed by atoms with E-state index >= 15 is 0 Å². The molecule has 2 N–H and O–H groups in total. The molecule has 0 bridgehead atoms. The Hall–Kier alpha value is -2.55. The van der Waals surface area contributed by atoms with Crippen LogP contribution in [0.15, 0.2) is 52.0 Å². The lowest BCUT2D eigenvalue weighted by Crippen LogP contribution is -2.48. The van der Waals surface area contributed by atoms with Gasteiger partial charge in [-0.1, -0.05) is 6.07 Å². The predicted molar refractivity (Wildman–Crippen MR) is 117 cm³/mol. The molecule has 0 spiro atoms. The maximum atomic E-state index is 13.1. The lowest BCUT2D eigenvalue weighted by molar-refractivity contribution is 0.200. The molecule has 2 heterocycles. The molecule has 0 aliphatic carbocycles. The molecule has 1 saturated heterocycles. The van der Waals surface area contributed by atoms with Crippen LogP contribution in [0.5, 0.6) is 5.75 Å². The SMILES string of the molecule is COc1ccc(C)cc1S(=O)(=O)Nc1cc(CN2CCNC(C)C2)c2occc2c1. The average Bonchev–Trinajstić information content (AvgIpc) is 3.16. The summed E-state index contributed by atoms with van der Waals surface area (Å²) in [6, 6.07) is 11.0. The first-order valence-corrected chi connectivity index (χ1v) is 11.5. The maximum absolute atomic E-state index is 13.1. The van der Waals surface area contributed by atoms with Crippen LogP contribution in [-0.4, -0.2) is 46.1 Å². The zero-order chi connectivity index (χ0) is 21.3. The number of hydrogen-bond donors (Lipinski definition) is 2. The van der Waals surface area contributed by atoms with Gasteiger partial charge in [-0.3, -0.25) is 9.62 Å². The van der Waals surface area contributed by atoms with Gasteiger partial charge in [0.2, 0.25) is 0 Å². The molecule has 8 heteroatoms. The highest BCUT2D eigenvalue weighted by molar-refractivity contribution is 7.92. The van der Waals surface area contributed by atoms with E-state index in [4.69, 9.17) is 9.15 Å². The minimum atomic E-state index is -3.82. The Kier molecular flexibility index (Phi) is 5.73. The van der Waals surface area contributed by atoms with Gasteiger partial charge >= 0.3 is 0 Å². The van der Waals surface area contributed by atoms with Crippen molar-refractivity contribution in [2.45, 2.75) is 31.3 Å². The third kappa shape index (κ3) is 4.30. The van der Waals surface area contributed by atoms with E-state index in [1.165, 1.54) is 7.11 Å². The van der Waals surface area contributed by atoms with E-state index in [0.29, 0.717) is 24.0 Å². The molecule has 1 unspecified atom stereocenters. The molecule has 160 valence electrons. The Balaban J connectivity index is 1.67. The fourth-order valence-corrected chi connectivity index (χ4v) is 5.23. The average molecular weight is 430 g/mol. The Labute approximate surface area is 177 Å². The summed E-state index contributed by atoms with van der Waals surface area (Å²) in [4.78, 5) is 2.47. The molecule has 2 aromatic carbocycles. The number of anilines is 1. The van der Waals surface area contributed by atoms with E-state index in [-0.39, 0.29) is 4.90 Å². The molecule has 1 aliphatic heterocycles. The van der Waals surface area contributed by atoms with Gasteiger partial charge in [0.05, 0.1) is 19.1 Å². The fraction of sp³-hybridized carbons (Fsp3) is 0.364. The molecular weight excluding hydrogens is 402 g/mol. The maximum Gasteiger partial charge on any atom is 0.265 e. The summed E-state index contributed by atoms with van der Waals surface area (Å²) in [5.74, 6) is 0.313. The van der Waals surface area contributed by atoms with Crippen LogP contribution in [0.25, 0.3) is 11.0 Å². The van der Waals surface area contributed by atoms with Crippen LogP contribution in [0.2, 0.25) is 0 Å². The molecule has 1 aliphatic rings. The largest absolute Gasteiger partial charge is 0.495 e. The molecular formula is C22H27N3O4S. The number of nitrogens with zero attached hydrogens (tertiary/aromatic N) is 1. The third-order valence-corrected chi connectivity index (χ3v) is 6.74. The summed E-state index contributed by atoms with van der Waals surface area (Å²) in [6.07, 6.45) is 1.64. The Morgan fingerprint density at radius 1 is 1.27 bits per heavy atom. The number of fused-ring (bicyclic) bond motifs is 1. The van der Waals surface area contributed by atoms with Gasteiger partial charge in [0, 0.05) is 43.2 Å². The highest BCUT2D eigenvalue weighted by Gasteiger charge is 2.22. The quantitative estimate of drug-likeness (QED) is 0.625. The van der Waals surface area contributed by atoms with Crippen molar-refractivity contribution in [2.24, 2.45) is 0 Å². The summed E-state index contributed by atoms with van der Waals surface area (Å²) < 4.78 is 39.9. The first-order valence-electron chi connectivity index (χ1n) is 9.99. The standard InChI is InChI=1S/C22H27N3O4S/c1-15-4-5-20(28-3)21(10-15)30(26,27)24-19-11-17-6-9-29-22(17)18(12-19)14-25-8-7-23-16(2)13-25/h4-6,9-12,16,23-24H,7-8,13-14H2,1-3H3. The topological polar surface area (TPSA) is 83.8 Å². The van der Waals surface area contributed by atoms with Gasteiger partial charge in [-0.15, -0.1) is 0 Å². The van der Waals surface area contributed by atoms with Crippen molar-refractivity contribution in [3.63, 3.8) is 0 Å². The number of methoxy groups -OCH3 is 1. The number of aryl methyl sites for hydroxylation is 1. The minimum Gasteiger partial charge on any atom is -0.495 e. The van der Waals surface area contributed by atoms with Gasteiger partial charge in [-0.05, 0) is 49.7 Å². The number of ether oxygens (including phenoxy) is 1. The molecule has 1 atom stereocenters. The highest BCUT2D eigenvalue weighted by atomic mass is 32.2. The number of hydrogen-bond acceptors (Lipinski definition) is 6. The second-order valence-corrected chi connectivity index (χ2v) is 9.48. The van der Waals surface area contributed by atoms with Crippen molar-refractivity contribution >= 4 is 26.7 Å². The van der Waals surface area contributed by atoms with E-state index in [0.717, 1.165) is 41.7 Å². The first kappa shape index (κ1) is 20.7. The van der Waals surface area contributed by atoms with Crippen LogP contribution in [0.1, 0.15) is 18.1 Å². The van der Waals surface area contributed by atoms with E-state index in [2.05, 4.69) is 21.9 Å². The smallest absolute Gasteiger partial charge is 0.265 e. The lowest BCUT2D eigenvalue weighted by atomic mass is 10.1. The molecule has 1 fully saturated rings. The van der Waals surface area contributed by atoms with Gasteiger partial charge in [-0.2, -0.15) is 0 Å². The monoisotopic (exact) mass is 429 g/mol. The van der Waals surface area contributed by atoms with Gasteiger partial charge in [0.15, 0.2) is 0 Å². The second-order valence-electron chi connectivity index (χ2n) is 7.82. The summed E-state index contributed by atoms with van der Waals surface area (Å²) in [7, 11) is -2.35. The van der Waals surface area contributed by atoms with Crippen molar-refractivity contribution in [3.8, 4) is 5.75 Å². The van der Waals surface area contributed by atoms with Crippen LogP contribution < -0.4 is 14.8 Å². The van der Waals surface area contributed by atoms with Crippen molar-refractivity contribution in [3.05, 3.63) is 53.8 Å². The number of benzene rings is 2. The zero-order valence-electron chi connectivity index (χ0n) is 17.4. The predicted octanol–water partition coefficient (Wildman–Crippen LogP) is 3.34. The fourth-order valence-electron chi connectivity index (χ4n) is 3.93. The molecule has 0 saturated carbocycles. The highest BCUT2D eigenvalue weighted by Crippen LogP contribution is 2.30.